The van der Waals surface area contributed by atoms with E-state index in [1.54, 1.807) is 0 Å². The molecule has 19 heteroatoms. The SMILES string of the molecule is CCN(CC)CCC(=O)c1ccc2c(c1)Cc1cc(C(=O)CCN(CC)CC)ccc1O2.CCN(CC)CCC(=O)c1ccc2c(c1)Cc1cc(C(=O)CCN(CC)CC)ccc1O2.Cl.Cl.Cl.Cl.O.O.O.O.O. The fourth-order valence-electron chi connectivity index (χ4n) is 8.39. The zero-order valence-corrected chi connectivity index (χ0v) is 47.3. The Hall–Kier alpha value is -4.04. The molecule has 73 heavy (non-hydrogen) atoms. The molecule has 2 aliphatic rings. The topological polar surface area (TPSA) is 257 Å². The smallest absolute Gasteiger partial charge is 0.164 e. The molecule has 0 spiro atoms. The van der Waals surface area contributed by atoms with Gasteiger partial charge in [-0.05, 0) is 125 Å². The molecule has 4 aromatic rings. The summed E-state index contributed by atoms with van der Waals surface area (Å²) < 4.78 is 12.1. The Morgan fingerprint density at radius 2 is 0.521 bits per heavy atom. The van der Waals surface area contributed by atoms with Gasteiger partial charge in [-0.25, -0.2) is 0 Å². The molecular weight excluding hydrogens is 1020 g/mol. The predicted octanol–water partition coefficient (Wildman–Crippen LogP) is 7.99. The fraction of sp³-hybridized carbons (Fsp3) is 0.481. The van der Waals surface area contributed by atoms with E-state index in [-0.39, 0.29) is 100 Å². The Kier molecular flexibility index (Phi) is 42.0. The molecule has 0 aliphatic carbocycles. The van der Waals surface area contributed by atoms with Gasteiger partial charge in [-0.2, -0.15) is 0 Å². The molecule has 0 atom stereocenters. The van der Waals surface area contributed by atoms with Crippen LogP contribution in [-0.2, 0) is 12.8 Å². The van der Waals surface area contributed by atoms with Crippen molar-refractivity contribution >= 4 is 72.8 Å². The summed E-state index contributed by atoms with van der Waals surface area (Å²) in [6, 6.07) is 22.8. The molecule has 15 nitrogen and oxygen atoms in total. The van der Waals surface area contributed by atoms with Gasteiger partial charge in [0.15, 0.2) is 23.1 Å². The van der Waals surface area contributed by atoms with E-state index in [2.05, 4.69) is 75.0 Å². The molecule has 0 saturated carbocycles. The summed E-state index contributed by atoms with van der Waals surface area (Å²) in [4.78, 5) is 59.9. The highest BCUT2D eigenvalue weighted by molar-refractivity contribution is 5.98. The molecule has 0 saturated heterocycles. The van der Waals surface area contributed by atoms with E-state index in [1.165, 1.54) is 0 Å². The van der Waals surface area contributed by atoms with Crippen LogP contribution in [0.1, 0.15) is 145 Å². The molecule has 0 radical (unpaired) electrons. The zero-order valence-electron chi connectivity index (χ0n) is 44.0. The molecule has 0 amide bonds. The van der Waals surface area contributed by atoms with E-state index in [0.717, 1.165) is 146 Å². The summed E-state index contributed by atoms with van der Waals surface area (Å²) in [6.07, 6.45) is 3.40. The lowest BCUT2D eigenvalue weighted by molar-refractivity contribution is 0.0958. The first-order chi connectivity index (χ1) is 31.0. The number of ether oxygens (including phenoxy) is 2. The van der Waals surface area contributed by atoms with Crippen LogP contribution in [0, 0.1) is 0 Å². The molecule has 2 heterocycles. The van der Waals surface area contributed by atoms with Gasteiger partial charge in [-0.3, -0.25) is 19.2 Å². The van der Waals surface area contributed by atoms with Gasteiger partial charge in [0.1, 0.15) is 23.0 Å². The van der Waals surface area contributed by atoms with Crippen LogP contribution in [0.2, 0.25) is 0 Å². The van der Waals surface area contributed by atoms with E-state index in [4.69, 9.17) is 9.47 Å². The van der Waals surface area contributed by atoms with Crippen LogP contribution in [0.4, 0.5) is 0 Å². The highest BCUT2D eigenvalue weighted by Crippen LogP contribution is 2.39. The van der Waals surface area contributed by atoms with E-state index >= 15 is 0 Å². The summed E-state index contributed by atoms with van der Waals surface area (Å²) in [6.45, 7) is 27.7. The maximum Gasteiger partial charge on any atom is 0.164 e. The highest BCUT2D eigenvalue weighted by atomic mass is 35.5. The van der Waals surface area contributed by atoms with Crippen molar-refractivity contribution in [2.75, 3.05) is 78.5 Å². The van der Waals surface area contributed by atoms with E-state index in [0.29, 0.717) is 38.5 Å². The second-order valence-electron chi connectivity index (χ2n) is 16.6. The molecule has 0 aromatic heterocycles. The number of ketones is 4. The summed E-state index contributed by atoms with van der Waals surface area (Å²) in [7, 11) is 0. The molecule has 0 fully saturated rings. The third-order valence-corrected chi connectivity index (χ3v) is 12.9. The van der Waals surface area contributed by atoms with Gasteiger partial charge in [0.2, 0.25) is 0 Å². The van der Waals surface area contributed by atoms with Crippen LogP contribution in [0.3, 0.4) is 0 Å². The molecule has 416 valence electrons. The zero-order chi connectivity index (χ0) is 46.2. The Labute approximate surface area is 458 Å². The average Bonchev–Trinajstić information content (AvgIpc) is 3.33. The summed E-state index contributed by atoms with van der Waals surface area (Å²) in [5, 5.41) is 0. The van der Waals surface area contributed by atoms with Gasteiger partial charge in [-0.15, -0.1) is 49.6 Å². The lowest BCUT2D eigenvalue weighted by atomic mass is 9.94. The number of hydrogen-bond acceptors (Lipinski definition) is 10. The number of carbonyl (C=O) groups is 4. The van der Waals surface area contributed by atoms with Gasteiger partial charge < -0.3 is 56.5 Å². The summed E-state index contributed by atoms with van der Waals surface area (Å²) in [5.41, 5.74) is 6.92. The highest BCUT2D eigenvalue weighted by Gasteiger charge is 2.23. The van der Waals surface area contributed by atoms with Gasteiger partial charge in [0.05, 0.1) is 0 Å². The number of hydrogen-bond donors (Lipinski definition) is 0. The number of rotatable bonds is 24. The van der Waals surface area contributed by atoms with Crippen molar-refractivity contribution in [3.05, 3.63) is 117 Å². The van der Waals surface area contributed by atoms with Crippen molar-refractivity contribution in [2.45, 2.75) is 93.9 Å². The number of nitrogens with zero attached hydrogens (tertiary/aromatic N) is 4. The molecule has 0 unspecified atom stereocenters. The molecule has 0 bridgehead atoms. The van der Waals surface area contributed by atoms with Crippen LogP contribution < -0.4 is 9.47 Å². The van der Waals surface area contributed by atoms with Crippen LogP contribution in [0.15, 0.2) is 72.8 Å². The minimum Gasteiger partial charge on any atom is -0.457 e. The van der Waals surface area contributed by atoms with Crippen molar-refractivity contribution in [1.29, 1.82) is 0 Å². The normalized spacial score (nSPS) is 10.9. The molecular formula is C54H86Cl4N4O11. The quantitative estimate of drug-likeness (QED) is 0.0528. The first kappa shape index (κ1) is 77.9. The third-order valence-electron chi connectivity index (χ3n) is 12.9. The van der Waals surface area contributed by atoms with E-state index in [1.807, 2.05) is 72.8 Å². The average molecular weight is 1110 g/mol. The Bertz CT molecular complexity index is 1930. The van der Waals surface area contributed by atoms with Gasteiger partial charge in [0.25, 0.3) is 0 Å². The van der Waals surface area contributed by atoms with Crippen molar-refractivity contribution in [3.63, 3.8) is 0 Å². The molecule has 4 aromatic carbocycles. The first-order valence-electron chi connectivity index (χ1n) is 23.9. The number of Topliss-reactive ketones (excluding diaryl/α,β-unsaturated/α-hetero) is 4. The van der Waals surface area contributed by atoms with Crippen molar-refractivity contribution in [3.8, 4) is 23.0 Å². The fourth-order valence-corrected chi connectivity index (χ4v) is 8.39. The second kappa shape index (κ2) is 39.4. The Morgan fingerprint density at radius 1 is 0.342 bits per heavy atom. The molecule has 6 rings (SSSR count). The van der Waals surface area contributed by atoms with Crippen molar-refractivity contribution in [2.24, 2.45) is 0 Å². The molecule has 10 N–H and O–H groups in total. The Balaban J connectivity index is -0.000000376. The second-order valence-corrected chi connectivity index (χ2v) is 16.6. The monoisotopic (exact) mass is 1110 g/mol. The maximum absolute atomic E-state index is 12.7. The number of halogens is 4. The van der Waals surface area contributed by atoms with Gasteiger partial charge in [0, 0.05) is 109 Å². The number of carbonyl (C=O) groups excluding carboxylic acids is 4. The van der Waals surface area contributed by atoms with E-state index in [9.17, 15) is 19.2 Å². The van der Waals surface area contributed by atoms with Crippen LogP contribution in [-0.4, -0.2) is 149 Å². The minimum atomic E-state index is 0. The maximum atomic E-state index is 12.7. The van der Waals surface area contributed by atoms with Crippen LogP contribution in [0.25, 0.3) is 0 Å². The first-order valence-corrected chi connectivity index (χ1v) is 23.9. The van der Waals surface area contributed by atoms with Gasteiger partial charge >= 0.3 is 0 Å². The largest absolute Gasteiger partial charge is 0.457 e. The third kappa shape index (κ3) is 22.0. The number of fused-ring (bicyclic) bond motifs is 4. The van der Waals surface area contributed by atoms with Crippen molar-refractivity contribution < 1.29 is 56.0 Å². The lowest BCUT2D eigenvalue weighted by Gasteiger charge is -2.22. The molecule has 2 aliphatic heterocycles. The van der Waals surface area contributed by atoms with Crippen LogP contribution >= 0.6 is 49.6 Å². The summed E-state index contributed by atoms with van der Waals surface area (Å²) >= 11 is 0. The predicted molar refractivity (Wildman–Crippen MR) is 306 cm³/mol. The summed E-state index contributed by atoms with van der Waals surface area (Å²) in [5.74, 6) is 3.79. The Morgan fingerprint density at radius 3 is 0.685 bits per heavy atom. The number of benzene rings is 4. The standard InChI is InChI=1S/2C27H36N2O3.4ClH.5H2O/c2*1-5-28(6-2)15-13-24(30)20-9-11-26-22(17-20)19-23-18-21(10-12-27(23)32-26)25(31)14-16-29(7-3)8-4;;;;;;;;;/h2*9-12,17-18H,5-8,13-16,19H2,1-4H3;4*1H;5*1H2. The minimum absolute atomic E-state index is 0. The van der Waals surface area contributed by atoms with Gasteiger partial charge in [-0.1, -0.05) is 55.4 Å². The van der Waals surface area contributed by atoms with Crippen molar-refractivity contribution in [1.82, 2.24) is 19.6 Å². The van der Waals surface area contributed by atoms with Crippen LogP contribution in [0.5, 0.6) is 23.0 Å². The lowest BCUT2D eigenvalue weighted by Crippen LogP contribution is -2.25. The van der Waals surface area contributed by atoms with E-state index < -0.39 is 0 Å².